The number of fused-ring (bicyclic) bond motifs is 1. The lowest BCUT2D eigenvalue weighted by molar-refractivity contribution is 0.158. The lowest BCUT2D eigenvalue weighted by atomic mass is 10.0. The molecule has 0 spiro atoms. The molecular weight excluding hydrogens is 358 g/mol. The maximum absolute atomic E-state index is 12.5. The van der Waals surface area contributed by atoms with Crippen molar-refractivity contribution in [1.29, 1.82) is 0 Å². The molecule has 6 nitrogen and oxygen atoms in total. The van der Waals surface area contributed by atoms with Gasteiger partial charge in [-0.3, -0.25) is 4.90 Å². The number of likely N-dealkylation sites (N-methyl/N-ethyl adjacent to an activating group) is 1. The second-order valence-electron chi connectivity index (χ2n) is 6.68. The molecule has 0 saturated carbocycles. The zero-order valence-electron chi connectivity index (χ0n) is 16.3. The van der Waals surface area contributed by atoms with Gasteiger partial charge in [-0.1, -0.05) is 44.2 Å². The fraction of sp³-hybridized carbons (Fsp3) is 0.318. The Morgan fingerprint density at radius 2 is 1.79 bits per heavy atom. The highest BCUT2D eigenvalue weighted by atomic mass is 16.5. The van der Waals surface area contributed by atoms with Gasteiger partial charge in [-0.05, 0) is 25.6 Å². The van der Waals surface area contributed by atoms with E-state index >= 15 is 0 Å². The second kappa shape index (κ2) is 8.35. The van der Waals surface area contributed by atoms with Crippen LogP contribution in [0.1, 0.15) is 20.8 Å². The van der Waals surface area contributed by atoms with E-state index in [9.17, 15) is 15.0 Å². The molecule has 3 aromatic rings. The molecule has 0 bridgehead atoms. The summed E-state index contributed by atoms with van der Waals surface area (Å²) in [5.74, 6) is -0.140. The number of hydrogen-bond acceptors (Lipinski definition) is 6. The van der Waals surface area contributed by atoms with Crippen LogP contribution in [-0.4, -0.2) is 40.9 Å². The first-order valence-electron chi connectivity index (χ1n) is 9.41. The summed E-state index contributed by atoms with van der Waals surface area (Å²) in [6.07, 6.45) is 0. The maximum atomic E-state index is 12.5. The summed E-state index contributed by atoms with van der Waals surface area (Å²) in [6, 6.07) is 11.8. The van der Waals surface area contributed by atoms with Crippen molar-refractivity contribution < 1.29 is 19.4 Å². The van der Waals surface area contributed by atoms with Gasteiger partial charge in [0.1, 0.15) is 40.4 Å². The molecule has 2 aromatic carbocycles. The summed E-state index contributed by atoms with van der Waals surface area (Å²) >= 11 is 0. The van der Waals surface area contributed by atoms with Gasteiger partial charge in [0.05, 0.1) is 0 Å². The third kappa shape index (κ3) is 3.82. The third-order valence-corrected chi connectivity index (χ3v) is 4.92. The Labute approximate surface area is 163 Å². The van der Waals surface area contributed by atoms with Gasteiger partial charge in [-0.15, -0.1) is 0 Å². The first kappa shape index (κ1) is 19.8. The molecular formula is C22H25NO5. The van der Waals surface area contributed by atoms with Crippen LogP contribution in [0.2, 0.25) is 0 Å². The van der Waals surface area contributed by atoms with Crippen LogP contribution in [0.3, 0.4) is 0 Å². The molecule has 3 rings (SSSR count). The van der Waals surface area contributed by atoms with E-state index in [-0.39, 0.29) is 34.1 Å². The summed E-state index contributed by atoms with van der Waals surface area (Å²) < 4.78 is 11.2. The lowest BCUT2D eigenvalue weighted by Gasteiger charge is -2.26. The maximum Gasteiger partial charge on any atom is 0.347 e. The van der Waals surface area contributed by atoms with Crippen molar-refractivity contribution in [2.75, 3.05) is 19.7 Å². The van der Waals surface area contributed by atoms with Crippen molar-refractivity contribution in [3.63, 3.8) is 0 Å². The van der Waals surface area contributed by atoms with Gasteiger partial charge in [0, 0.05) is 18.2 Å². The number of phenolic OH excluding ortho intramolecular Hbond substituents is 1. The molecule has 0 aliphatic heterocycles. The summed E-state index contributed by atoms with van der Waals surface area (Å²) in [4.78, 5) is 14.7. The van der Waals surface area contributed by atoms with E-state index in [1.54, 1.807) is 24.3 Å². The Kier molecular flexibility index (Phi) is 5.90. The van der Waals surface area contributed by atoms with E-state index in [4.69, 9.17) is 9.15 Å². The highest BCUT2D eigenvalue weighted by Crippen LogP contribution is 2.40. The third-order valence-electron chi connectivity index (χ3n) is 4.92. The van der Waals surface area contributed by atoms with Gasteiger partial charge in [0.25, 0.3) is 0 Å². The molecule has 0 aliphatic rings. The molecule has 1 atom stereocenters. The van der Waals surface area contributed by atoms with Crippen molar-refractivity contribution in [2.24, 2.45) is 0 Å². The van der Waals surface area contributed by atoms with Gasteiger partial charge in [0.2, 0.25) is 0 Å². The highest BCUT2D eigenvalue weighted by molar-refractivity contribution is 5.95. The van der Waals surface area contributed by atoms with Gasteiger partial charge < -0.3 is 19.4 Å². The molecule has 1 unspecified atom stereocenters. The van der Waals surface area contributed by atoms with Gasteiger partial charge in [0.15, 0.2) is 0 Å². The Bertz CT molecular complexity index is 1010. The van der Waals surface area contributed by atoms with Crippen LogP contribution in [0.5, 0.6) is 17.2 Å². The van der Waals surface area contributed by atoms with Crippen molar-refractivity contribution in [3.8, 4) is 28.4 Å². The number of rotatable bonds is 7. The van der Waals surface area contributed by atoms with E-state index in [1.165, 1.54) is 12.1 Å². The van der Waals surface area contributed by atoms with Crippen LogP contribution in [0.25, 0.3) is 22.1 Å². The van der Waals surface area contributed by atoms with Gasteiger partial charge in [-0.2, -0.15) is 0 Å². The standard InChI is InChI=1S/C22H25NO5/c1-4-23(5-2)14(3)13-27-16-11-17(24)20-18(12-16)28-22(26)19(21(20)25)15-9-7-6-8-10-15/h6-12,14,24-25H,4-5,13H2,1-3H3. The number of nitrogens with zero attached hydrogens (tertiary/aromatic N) is 1. The molecule has 148 valence electrons. The van der Waals surface area contributed by atoms with Crippen molar-refractivity contribution in [1.82, 2.24) is 4.90 Å². The summed E-state index contributed by atoms with van der Waals surface area (Å²) in [5, 5.41) is 21.2. The van der Waals surface area contributed by atoms with E-state index < -0.39 is 5.63 Å². The largest absolute Gasteiger partial charge is 0.507 e. The van der Waals surface area contributed by atoms with Crippen molar-refractivity contribution in [2.45, 2.75) is 26.8 Å². The van der Waals surface area contributed by atoms with Gasteiger partial charge >= 0.3 is 5.63 Å². The molecule has 0 aliphatic carbocycles. The van der Waals surface area contributed by atoms with E-state index in [1.807, 2.05) is 6.07 Å². The molecule has 0 saturated heterocycles. The van der Waals surface area contributed by atoms with E-state index in [0.29, 0.717) is 17.9 Å². The zero-order valence-corrected chi connectivity index (χ0v) is 16.3. The van der Waals surface area contributed by atoms with Crippen molar-refractivity contribution in [3.05, 3.63) is 52.9 Å². The summed E-state index contributed by atoms with van der Waals surface area (Å²) in [6.45, 7) is 8.48. The Balaban J connectivity index is 1.97. The van der Waals surface area contributed by atoms with Crippen LogP contribution in [0.4, 0.5) is 0 Å². The molecule has 0 amide bonds. The monoisotopic (exact) mass is 383 g/mol. The average Bonchev–Trinajstić information content (AvgIpc) is 2.67. The number of hydrogen-bond donors (Lipinski definition) is 2. The van der Waals surface area contributed by atoms with Crippen LogP contribution in [-0.2, 0) is 0 Å². The normalized spacial score (nSPS) is 12.4. The quantitative estimate of drug-likeness (QED) is 0.601. The Morgan fingerprint density at radius 3 is 2.43 bits per heavy atom. The van der Waals surface area contributed by atoms with Crippen LogP contribution in [0.15, 0.2) is 51.7 Å². The van der Waals surface area contributed by atoms with Crippen LogP contribution in [0, 0.1) is 0 Å². The fourth-order valence-corrected chi connectivity index (χ4v) is 3.38. The zero-order chi connectivity index (χ0) is 20.3. The molecule has 6 heteroatoms. The number of phenols is 1. The lowest BCUT2D eigenvalue weighted by Crippen LogP contribution is -2.36. The van der Waals surface area contributed by atoms with Crippen LogP contribution < -0.4 is 10.4 Å². The average molecular weight is 383 g/mol. The fourth-order valence-electron chi connectivity index (χ4n) is 3.38. The molecule has 28 heavy (non-hydrogen) atoms. The highest BCUT2D eigenvalue weighted by Gasteiger charge is 2.20. The Hall–Kier alpha value is -2.99. The minimum atomic E-state index is -0.677. The first-order valence-corrected chi connectivity index (χ1v) is 9.41. The molecule has 1 heterocycles. The van der Waals surface area contributed by atoms with Crippen LogP contribution >= 0.6 is 0 Å². The minimum absolute atomic E-state index is 0.0206. The molecule has 2 N–H and O–H groups in total. The van der Waals surface area contributed by atoms with Crippen molar-refractivity contribution >= 4 is 11.0 Å². The van der Waals surface area contributed by atoms with E-state index in [0.717, 1.165) is 13.1 Å². The predicted molar refractivity (Wildman–Crippen MR) is 109 cm³/mol. The molecule has 1 aromatic heterocycles. The smallest absolute Gasteiger partial charge is 0.347 e. The molecule has 0 fully saturated rings. The minimum Gasteiger partial charge on any atom is -0.507 e. The second-order valence-corrected chi connectivity index (χ2v) is 6.68. The van der Waals surface area contributed by atoms with E-state index in [2.05, 4.69) is 25.7 Å². The summed E-state index contributed by atoms with van der Waals surface area (Å²) in [7, 11) is 0. The number of ether oxygens (including phenoxy) is 1. The van der Waals surface area contributed by atoms with Gasteiger partial charge in [-0.25, -0.2) is 4.79 Å². The molecule has 0 radical (unpaired) electrons. The number of aromatic hydroxyl groups is 2. The number of benzene rings is 2. The SMILES string of the molecule is CCN(CC)C(C)COc1cc(O)c2c(O)c(-c3ccccc3)c(=O)oc2c1. The Morgan fingerprint density at radius 1 is 1.11 bits per heavy atom. The first-order chi connectivity index (χ1) is 13.5. The predicted octanol–water partition coefficient (Wildman–Crippen LogP) is 3.98. The summed E-state index contributed by atoms with van der Waals surface area (Å²) in [5.41, 5.74) is -0.0624. The topological polar surface area (TPSA) is 83.1 Å².